The first-order valence-corrected chi connectivity index (χ1v) is 7.73. The summed E-state index contributed by atoms with van der Waals surface area (Å²) in [6, 6.07) is 4.47. The third kappa shape index (κ3) is 4.24. The van der Waals surface area contributed by atoms with E-state index in [2.05, 4.69) is 83.5 Å². The van der Waals surface area contributed by atoms with Crippen molar-refractivity contribution in [1.29, 1.82) is 0 Å². The predicted octanol–water partition coefficient (Wildman–Crippen LogP) is 5.83. The minimum absolute atomic E-state index is 0.0924. The Morgan fingerprint density at radius 2 is 1.47 bits per heavy atom. The fourth-order valence-corrected chi connectivity index (χ4v) is 2.83. The Labute approximate surface area is 126 Å². The molecular weight excluding hydrogens is 300 g/mol. The number of benzene rings is 1. The lowest BCUT2D eigenvalue weighted by atomic mass is 9.80. The van der Waals surface area contributed by atoms with Crippen LogP contribution >= 0.6 is 15.9 Å². The topological polar surface area (TPSA) is 9.23 Å². The van der Waals surface area contributed by atoms with E-state index in [4.69, 9.17) is 4.74 Å². The SMILES string of the molecule is CC(C)Oc1cc(C(C)(C)C)cc(C(C)(C)C)c1Br. The summed E-state index contributed by atoms with van der Waals surface area (Å²) in [4.78, 5) is 0. The summed E-state index contributed by atoms with van der Waals surface area (Å²) in [5, 5.41) is 0. The Kier molecular flexibility index (Phi) is 4.77. The van der Waals surface area contributed by atoms with E-state index in [9.17, 15) is 0 Å². The van der Waals surface area contributed by atoms with Gasteiger partial charge in [-0.3, -0.25) is 0 Å². The summed E-state index contributed by atoms with van der Waals surface area (Å²) >= 11 is 3.72. The van der Waals surface area contributed by atoms with Gasteiger partial charge in [0.25, 0.3) is 0 Å². The third-order valence-corrected chi connectivity index (χ3v) is 3.89. The average molecular weight is 327 g/mol. The summed E-state index contributed by atoms with van der Waals surface area (Å²) in [5.41, 5.74) is 2.83. The van der Waals surface area contributed by atoms with Gasteiger partial charge in [0.05, 0.1) is 10.6 Å². The second-order valence-electron chi connectivity index (χ2n) is 7.50. The first-order valence-electron chi connectivity index (χ1n) is 6.94. The van der Waals surface area contributed by atoms with Crippen molar-refractivity contribution >= 4 is 15.9 Å². The van der Waals surface area contributed by atoms with Crippen molar-refractivity contribution in [2.75, 3.05) is 0 Å². The van der Waals surface area contributed by atoms with Crippen LogP contribution in [0.15, 0.2) is 16.6 Å². The minimum Gasteiger partial charge on any atom is -0.490 e. The van der Waals surface area contributed by atoms with Crippen molar-refractivity contribution in [2.45, 2.75) is 72.3 Å². The standard InChI is InChI=1S/C17H27BrO/c1-11(2)19-14-10-12(16(3,4)5)9-13(15(14)18)17(6,7)8/h9-11H,1-8H3. The zero-order chi connectivity index (χ0) is 15.0. The van der Waals surface area contributed by atoms with Gasteiger partial charge in [-0.25, -0.2) is 0 Å². The van der Waals surface area contributed by atoms with Gasteiger partial charge < -0.3 is 4.74 Å². The molecule has 0 saturated carbocycles. The van der Waals surface area contributed by atoms with Gasteiger partial charge in [-0.15, -0.1) is 0 Å². The zero-order valence-electron chi connectivity index (χ0n) is 13.5. The molecule has 108 valence electrons. The Morgan fingerprint density at radius 1 is 0.947 bits per heavy atom. The maximum atomic E-state index is 5.97. The van der Waals surface area contributed by atoms with E-state index in [1.807, 2.05) is 0 Å². The molecule has 0 fully saturated rings. The number of hydrogen-bond donors (Lipinski definition) is 0. The van der Waals surface area contributed by atoms with Gasteiger partial charge in [0.15, 0.2) is 0 Å². The monoisotopic (exact) mass is 326 g/mol. The number of hydrogen-bond acceptors (Lipinski definition) is 1. The highest BCUT2D eigenvalue weighted by Gasteiger charge is 2.24. The number of rotatable bonds is 2. The van der Waals surface area contributed by atoms with E-state index in [0.29, 0.717) is 0 Å². The largest absolute Gasteiger partial charge is 0.490 e. The molecule has 0 aliphatic rings. The first-order chi connectivity index (χ1) is 8.43. The second kappa shape index (κ2) is 5.47. The summed E-state index contributed by atoms with van der Waals surface area (Å²) < 4.78 is 7.05. The van der Waals surface area contributed by atoms with Crippen LogP contribution in [0.1, 0.15) is 66.5 Å². The number of halogens is 1. The van der Waals surface area contributed by atoms with Gasteiger partial charge in [-0.2, -0.15) is 0 Å². The normalized spacial score (nSPS) is 12.9. The Morgan fingerprint density at radius 3 is 1.84 bits per heavy atom. The second-order valence-corrected chi connectivity index (χ2v) is 8.30. The van der Waals surface area contributed by atoms with E-state index in [1.165, 1.54) is 11.1 Å². The van der Waals surface area contributed by atoms with E-state index in [-0.39, 0.29) is 16.9 Å². The van der Waals surface area contributed by atoms with Crippen LogP contribution in [-0.2, 0) is 10.8 Å². The number of ether oxygens (including phenoxy) is 1. The lowest BCUT2D eigenvalue weighted by Crippen LogP contribution is -2.18. The summed E-state index contributed by atoms with van der Waals surface area (Å²) in [5.74, 6) is 0.951. The first kappa shape index (κ1) is 16.6. The van der Waals surface area contributed by atoms with E-state index in [0.717, 1.165) is 10.2 Å². The van der Waals surface area contributed by atoms with Crippen molar-refractivity contribution in [3.63, 3.8) is 0 Å². The van der Waals surface area contributed by atoms with Gasteiger partial charge in [-0.05, 0) is 57.8 Å². The van der Waals surface area contributed by atoms with Crippen LogP contribution in [0.2, 0.25) is 0 Å². The van der Waals surface area contributed by atoms with Gasteiger partial charge in [0.2, 0.25) is 0 Å². The maximum Gasteiger partial charge on any atom is 0.134 e. The molecule has 0 unspecified atom stereocenters. The lowest BCUT2D eigenvalue weighted by Gasteiger charge is -2.28. The summed E-state index contributed by atoms with van der Waals surface area (Å²) in [7, 11) is 0. The van der Waals surface area contributed by atoms with Crippen LogP contribution < -0.4 is 4.74 Å². The highest BCUT2D eigenvalue weighted by atomic mass is 79.9. The molecule has 0 N–H and O–H groups in total. The molecule has 0 aliphatic heterocycles. The van der Waals surface area contributed by atoms with Gasteiger partial charge in [0.1, 0.15) is 5.75 Å². The molecule has 19 heavy (non-hydrogen) atoms. The van der Waals surface area contributed by atoms with Crippen molar-refractivity contribution in [2.24, 2.45) is 0 Å². The Balaban J connectivity index is 3.48. The van der Waals surface area contributed by atoms with Crippen molar-refractivity contribution in [1.82, 2.24) is 0 Å². The molecule has 1 aromatic rings. The quantitative estimate of drug-likeness (QED) is 0.664. The Hall–Kier alpha value is -0.500. The van der Waals surface area contributed by atoms with Crippen LogP contribution in [0.3, 0.4) is 0 Å². The molecule has 1 nitrogen and oxygen atoms in total. The van der Waals surface area contributed by atoms with Crippen molar-refractivity contribution < 1.29 is 4.74 Å². The molecule has 0 aromatic heterocycles. The fourth-order valence-electron chi connectivity index (χ4n) is 1.92. The average Bonchev–Trinajstić information content (AvgIpc) is 2.16. The van der Waals surface area contributed by atoms with E-state index >= 15 is 0 Å². The predicted molar refractivity (Wildman–Crippen MR) is 87.3 cm³/mol. The molecule has 0 spiro atoms. The molecule has 0 aliphatic carbocycles. The van der Waals surface area contributed by atoms with Crippen molar-refractivity contribution in [3.8, 4) is 5.75 Å². The molecule has 1 aromatic carbocycles. The lowest BCUT2D eigenvalue weighted by molar-refractivity contribution is 0.239. The van der Waals surface area contributed by atoms with Gasteiger partial charge in [-0.1, -0.05) is 47.6 Å². The molecule has 2 heteroatoms. The molecule has 0 amide bonds. The summed E-state index contributed by atoms with van der Waals surface area (Å²) in [6.45, 7) is 17.5. The van der Waals surface area contributed by atoms with Crippen LogP contribution in [-0.4, -0.2) is 6.10 Å². The summed E-state index contributed by atoms with van der Waals surface area (Å²) in [6.07, 6.45) is 0.180. The van der Waals surface area contributed by atoms with Crippen molar-refractivity contribution in [3.05, 3.63) is 27.7 Å². The molecular formula is C17H27BrO. The third-order valence-electron chi connectivity index (χ3n) is 3.08. The van der Waals surface area contributed by atoms with Gasteiger partial charge >= 0.3 is 0 Å². The minimum atomic E-state index is 0.0924. The molecule has 0 bridgehead atoms. The van der Waals surface area contributed by atoms with Crippen LogP contribution in [0, 0.1) is 0 Å². The highest BCUT2D eigenvalue weighted by molar-refractivity contribution is 9.10. The van der Waals surface area contributed by atoms with Crippen LogP contribution in [0.4, 0.5) is 0 Å². The molecule has 0 radical (unpaired) electrons. The smallest absolute Gasteiger partial charge is 0.134 e. The highest BCUT2D eigenvalue weighted by Crippen LogP contribution is 2.40. The van der Waals surface area contributed by atoms with E-state index < -0.39 is 0 Å². The molecule has 1 rings (SSSR count). The zero-order valence-corrected chi connectivity index (χ0v) is 15.1. The van der Waals surface area contributed by atoms with Crippen LogP contribution in [0.5, 0.6) is 5.75 Å². The maximum absolute atomic E-state index is 5.97. The van der Waals surface area contributed by atoms with E-state index in [1.54, 1.807) is 0 Å². The fraction of sp³-hybridized carbons (Fsp3) is 0.647. The molecule has 0 atom stereocenters. The Bertz CT molecular complexity index is 448. The van der Waals surface area contributed by atoms with Gasteiger partial charge in [0, 0.05) is 0 Å². The molecule has 0 saturated heterocycles. The van der Waals surface area contributed by atoms with Crippen LogP contribution in [0.25, 0.3) is 0 Å². The molecule has 0 heterocycles.